The van der Waals surface area contributed by atoms with Crippen LogP contribution in [0.5, 0.6) is 0 Å². The van der Waals surface area contributed by atoms with E-state index < -0.39 is 0 Å². The molecule has 6 heteroatoms. The van der Waals surface area contributed by atoms with E-state index in [2.05, 4.69) is 25.8 Å². The molecule has 1 aliphatic heterocycles. The number of hydrogen-bond acceptors (Lipinski definition) is 4. The smallest absolute Gasteiger partial charge is 0.340 e. The Hall–Kier alpha value is -1.37. The highest BCUT2D eigenvalue weighted by Gasteiger charge is 2.22. The zero-order chi connectivity index (χ0) is 17.1. The maximum Gasteiger partial charge on any atom is 0.340 e. The maximum absolute atomic E-state index is 12.0. The second-order valence-electron chi connectivity index (χ2n) is 6.28. The number of carbonyl (C=O) groups is 1. The van der Waals surface area contributed by atoms with Crippen LogP contribution in [0.3, 0.4) is 0 Å². The van der Waals surface area contributed by atoms with Crippen molar-refractivity contribution in [3.63, 3.8) is 0 Å². The minimum Gasteiger partial charge on any atom is -0.465 e. The molecule has 2 aromatic rings. The van der Waals surface area contributed by atoms with E-state index in [0.29, 0.717) is 5.56 Å². The summed E-state index contributed by atoms with van der Waals surface area (Å²) in [5, 5.41) is 14.3. The fraction of sp³-hybridized carbons (Fsp3) is 0.500. The molecule has 2 atom stereocenters. The molecule has 24 heavy (non-hydrogen) atoms. The van der Waals surface area contributed by atoms with E-state index >= 15 is 0 Å². The lowest BCUT2D eigenvalue weighted by atomic mass is 9.97. The number of aryl methyl sites for hydroxylation is 1. The van der Waals surface area contributed by atoms with Crippen molar-refractivity contribution < 1.29 is 14.6 Å². The van der Waals surface area contributed by atoms with E-state index in [1.54, 1.807) is 0 Å². The van der Waals surface area contributed by atoms with Crippen LogP contribution in [-0.2, 0) is 11.3 Å². The monoisotopic (exact) mass is 394 g/mol. The van der Waals surface area contributed by atoms with Crippen LogP contribution in [0.25, 0.3) is 10.9 Å². The van der Waals surface area contributed by atoms with E-state index in [-0.39, 0.29) is 18.1 Å². The Morgan fingerprint density at radius 3 is 3.08 bits per heavy atom. The molecule has 0 spiro atoms. The summed E-state index contributed by atoms with van der Waals surface area (Å²) in [7, 11) is 1.40. The summed E-state index contributed by atoms with van der Waals surface area (Å²) in [6, 6.07) is 6.01. The summed E-state index contributed by atoms with van der Waals surface area (Å²) in [6.45, 7) is 1.77. The molecule has 5 nitrogen and oxygen atoms in total. The number of halogens is 1. The van der Waals surface area contributed by atoms with Crippen LogP contribution in [0.1, 0.15) is 36.0 Å². The molecule has 3 rings (SSSR count). The third-order valence-electron chi connectivity index (χ3n) is 4.72. The van der Waals surface area contributed by atoms with Crippen molar-refractivity contribution in [2.75, 3.05) is 13.7 Å². The van der Waals surface area contributed by atoms with Crippen LogP contribution in [0, 0.1) is 0 Å². The molecular formula is C18H23BrN2O3. The van der Waals surface area contributed by atoms with Crippen LogP contribution in [0.15, 0.2) is 28.9 Å². The Morgan fingerprint density at radius 2 is 2.33 bits per heavy atom. The molecule has 0 aliphatic carbocycles. The number of aromatic nitrogens is 1. The number of aliphatic hydroxyl groups excluding tert-OH is 1. The zero-order valence-electron chi connectivity index (χ0n) is 13.8. The van der Waals surface area contributed by atoms with Gasteiger partial charge in [0.1, 0.15) is 0 Å². The average molecular weight is 395 g/mol. The molecule has 0 radical (unpaired) electrons. The molecular weight excluding hydrogens is 372 g/mol. The molecule has 1 aromatic carbocycles. The standard InChI is InChI=1S/C18H23BrN2O3/c1-24-18(23)13-11-21(17-12(13)5-2-6-14(17)19)10-4-7-15-16(22)8-3-9-20-15/h2,5-6,11,15-16,20,22H,3-4,7-10H2,1H3/t15-,16+/m1/s1. The maximum atomic E-state index is 12.0. The van der Waals surface area contributed by atoms with Crippen molar-refractivity contribution >= 4 is 32.8 Å². The molecule has 0 bridgehead atoms. The molecule has 1 aromatic heterocycles. The number of methoxy groups -OCH3 is 1. The lowest BCUT2D eigenvalue weighted by Crippen LogP contribution is -2.44. The lowest BCUT2D eigenvalue weighted by Gasteiger charge is -2.29. The SMILES string of the molecule is COC(=O)c1cn(CCC[C@H]2NCCC[C@@H]2O)c2c(Br)cccc12. The molecule has 0 amide bonds. The van der Waals surface area contributed by atoms with E-state index in [9.17, 15) is 9.90 Å². The number of nitrogens with one attached hydrogen (secondary N) is 1. The minimum atomic E-state index is -0.318. The molecule has 1 fully saturated rings. The van der Waals surface area contributed by atoms with Crippen molar-refractivity contribution in [2.45, 2.75) is 44.4 Å². The average Bonchev–Trinajstić information content (AvgIpc) is 2.96. The number of para-hydroxylation sites is 1. The van der Waals surface area contributed by atoms with E-state index in [4.69, 9.17) is 4.74 Å². The highest BCUT2D eigenvalue weighted by atomic mass is 79.9. The number of rotatable bonds is 5. The quantitative estimate of drug-likeness (QED) is 0.764. The minimum absolute atomic E-state index is 0.170. The fourth-order valence-electron chi connectivity index (χ4n) is 3.48. The van der Waals surface area contributed by atoms with Gasteiger partial charge in [0, 0.05) is 28.6 Å². The number of carbonyl (C=O) groups excluding carboxylic acids is 1. The second-order valence-corrected chi connectivity index (χ2v) is 7.13. The molecule has 2 N–H and O–H groups in total. The predicted molar refractivity (Wildman–Crippen MR) is 97.2 cm³/mol. The summed E-state index contributed by atoms with van der Waals surface area (Å²) < 4.78 is 7.96. The number of esters is 1. The Kier molecular flexibility index (Phi) is 5.58. The van der Waals surface area contributed by atoms with Gasteiger partial charge in [-0.25, -0.2) is 4.79 Å². The van der Waals surface area contributed by atoms with Crippen LogP contribution >= 0.6 is 15.9 Å². The van der Waals surface area contributed by atoms with Gasteiger partial charge in [-0.05, 0) is 54.2 Å². The summed E-state index contributed by atoms with van der Waals surface area (Å²) in [4.78, 5) is 12.0. The largest absolute Gasteiger partial charge is 0.465 e. The van der Waals surface area contributed by atoms with Crippen molar-refractivity contribution in [3.05, 3.63) is 34.4 Å². The summed E-state index contributed by atoms with van der Waals surface area (Å²) in [6.07, 6.45) is 5.38. The first-order valence-electron chi connectivity index (χ1n) is 8.39. The number of hydrogen-bond donors (Lipinski definition) is 2. The Bertz CT molecular complexity index is 728. The number of aliphatic hydroxyl groups is 1. The highest BCUT2D eigenvalue weighted by molar-refractivity contribution is 9.10. The van der Waals surface area contributed by atoms with E-state index in [1.807, 2.05) is 24.4 Å². The van der Waals surface area contributed by atoms with Gasteiger partial charge < -0.3 is 19.7 Å². The Morgan fingerprint density at radius 1 is 1.50 bits per heavy atom. The molecule has 130 valence electrons. The van der Waals surface area contributed by atoms with Gasteiger partial charge in [-0.3, -0.25) is 0 Å². The van der Waals surface area contributed by atoms with Gasteiger partial charge in [0.15, 0.2) is 0 Å². The number of benzene rings is 1. The molecule has 0 unspecified atom stereocenters. The third-order valence-corrected chi connectivity index (χ3v) is 5.36. The van der Waals surface area contributed by atoms with Gasteiger partial charge in [0.05, 0.1) is 24.3 Å². The molecule has 0 saturated carbocycles. The van der Waals surface area contributed by atoms with E-state index in [0.717, 1.165) is 54.1 Å². The van der Waals surface area contributed by atoms with Crippen molar-refractivity contribution in [1.29, 1.82) is 0 Å². The molecule has 1 saturated heterocycles. The Labute approximate surface area is 150 Å². The van der Waals surface area contributed by atoms with E-state index in [1.165, 1.54) is 7.11 Å². The first-order valence-corrected chi connectivity index (χ1v) is 9.18. The third kappa shape index (κ3) is 3.50. The summed E-state index contributed by atoms with van der Waals surface area (Å²) in [5.41, 5.74) is 1.60. The first-order chi connectivity index (χ1) is 11.6. The number of ether oxygens (including phenoxy) is 1. The van der Waals surface area contributed by atoms with Gasteiger partial charge in [-0.2, -0.15) is 0 Å². The van der Waals surface area contributed by atoms with Crippen molar-refractivity contribution in [1.82, 2.24) is 9.88 Å². The predicted octanol–water partition coefficient (Wildman–Crippen LogP) is 3.08. The normalized spacial score (nSPS) is 21.1. The van der Waals surface area contributed by atoms with Gasteiger partial charge in [0.2, 0.25) is 0 Å². The van der Waals surface area contributed by atoms with Gasteiger partial charge >= 0.3 is 5.97 Å². The summed E-state index contributed by atoms with van der Waals surface area (Å²) >= 11 is 3.58. The Balaban J connectivity index is 1.77. The van der Waals surface area contributed by atoms with Crippen LogP contribution < -0.4 is 5.32 Å². The highest BCUT2D eigenvalue weighted by Crippen LogP contribution is 2.29. The topological polar surface area (TPSA) is 63.5 Å². The lowest BCUT2D eigenvalue weighted by molar-refractivity contribution is 0.0602. The zero-order valence-corrected chi connectivity index (χ0v) is 15.4. The fourth-order valence-corrected chi connectivity index (χ4v) is 4.07. The number of piperidine rings is 1. The van der Waals surface area contributed by atoms with Crippen molar-refractivity contribution in [3.8, 4) is 0 Å². The van der Waals surface area contributed by atoms with Gasteiger partial charge in [0.25, 0.3) is 0 Å². The van der Waals surface area contributed by atoms with Crippen LogP contribution in [0.4, 0.5) is 0 Å². The number of fused-ring (bicyclic) bond motifs is 1. The first kappa shape index (κ1) is 17.5. The van der Waals surface area contributed by atoms with Crippen molar-refractivity contribution in [2.24, 2.45) is 0 Å². The molecule has 2 heterocycles. The second kappa shape index (κ2) is 7.68. The van der Waals surface area contributed by atoms with Crippen LogP contribution in [0.2, 0.25) is 0 Å². The number of nitrogens with zero attached hydrogens (tertiary/aromatic N) is 1. The molecule has 1 aliphatic rings. The van der Waals surface area contributed by atoms with Crippen LogP contribution in [-0.4, -0.2) is 41.4 Å². The van der Waals surface area contributed by atoms with Gasteiger partial charge in [-0.1, -0.05) is 12.1 Å². The van der Waals surface area contributed by atoms with Gasteiger partial charge in [-0.15, -0.1) is 0 Å². The summed E-state index contributed by atoms with van der Waals surface area (Å²) in [5.74, 6) is -0.318.